The van der Waals surface area contributed by atoms with Gasteiger partial charge in [-0.05, 0) is 43.3 Å². The molecule has 2 aromatic carbocycles. The number of fused-ring (bicyclic) bond motifs is 1. The Balaban J connectivity index is 2.27. The van der Waals surface area contributed by atoms with Gasteiger partial charge in [0.15, 0.2) is 0 Å². The molecule has 0 amide bonds. The number of Topliss-reactive ketones (excluding diaryl/α,β-unsaturated/α-hetero) is 1. The number of rotatable bonds is 4. The predicted molar refractivity (Wildman–Crippen MR) is 75.7 cm³/mol. The maximum absolute atomic E-state index is 11.2. The number of carbonyl (C=O) groups is 1. The number of benzene rings is 2. The molecule has 0 fully saturated rings. The summed E-state index contributed by atoms with van der Waals surface area (Å²) < 4.78 is 0. The van der Waals surface area contributed by atoms with Gasteiger partial charge < -0.3 is 0 Å². The van der Waals surface area contributed by atoms with Crippen molar-refractivity contribution in [3.63, 3.8) is 0 Å². The van der Waals surface area contributed by atoms with Crippen LogP contribution < -0.4 is 0 Å². The highest BCUT2D eigenvalue weighted by Gasteiger charge is 2.13. The van der Waals surface area contributed by atoms with E-state index < -0.39 is 0 Å². The van der Waals surface area contributed by atoms with Crippen molar-refractivity contribution in [3.05, 3.63) is 48.0 Å². The smallest absolute Gasteiger partial charge is 0.143 e. The molecule has 0 N–H and O–H groups in total. The topological polar surface area (TPSA) is 20.3 Å². The standard InChI is InChI=1S/C16H19NO/c1-12(18)11-17(3)13(2)15-9-8-14-6-4-5-7-16(14)10-15/h4-10,13H,11H2,1-3H3/t13-/m1/s1. The molecular weight excluding hydrogens is 222 g/mol. The molecule has 0 spiro atoms. The summed E-state index contributed by atoms with van der Waals surface area (Å²) in [4.78, 5) is 13.2. The average molecular weight is 241 g/mol. The third-order valence-corrected chi connectivity index (χ3v) is 3.39. The van der Waals surface area contributed by atoms with Crippen LogP contribution in [-0.2, 0) is 4.79 Å². The summed E-state index contributed by atoms with van der Waals surface area (Å²) in [6.45, 7) is 4.25. The molecule has 0 aliphatic heterocycles. The van der Waals surface area contributed by atoms with Crippen LogP contribution in [0.1, 0.15) is 25.5 Å². The summed E-state index contributed by atoms with van der Waals surface area (Å²) in [5, 5.41) is 2.50. The minimum atomic E-state index is 0.199. The molecular formula is C16H19NO. The maximum atomic E-state index is 11.2. The Morgan fingerprint density at radius 1 is 1.17 bits per heavy atom. The lowest BCUT2D eigenvalue weighted by Gasteiger charge is -2.24. The molecule has 0 bridgehead atoms. The van der Waals surface area contributed by atoms with E-state index in [0.717, 1.165) is 0 Å². The second kappa shape index (κ2) is 5.32. The average Bonchev–Trinajstić information content (AvgIpc) is 2.36. The van der Waals surface area contributed by atoms with Crippen LogP contribution in [0.3, 0.4) is 0 Å². The fourth-order valence-corrected chi connectivity index (χ4v) is 2.21. The zero-order valence-electron chi connectivity index (χ0n) is 11.2. The molecule has 2 nitrogen and oxygen atoms in total. The van der Waals surface area contributed by atoms with Crippen molar-refractivity contribution in [2.24, 2.45) is 0 Å². The van der Waals surface area contributed by atoms with Crippen LogP contribution in [0, 0.1) is 0 Å². The van der Waals surface area contributed by atoms with Crippen LogP contribution in [0.5, 0.6) is 0 Å². The molecule has 2 heteroatoms. The number of nitrogens with zero attached hydrogens (tertiary/aromatic N) is 1. The van der Waals surface area contributed by atoms with E-state index in [1.807, 2.05) is 13.1 Å². The molecule has 0 aliphatic rings. The summed E-state index contributed by atoms with van der Waals surface area (Å²) >= 11 is 0. The Kier molecular flexibility index (Phi) is 3.78. The molecule has 94 valence electrons. The van der Waals surface area contributed by atoms with Crippen LogP contribution >= 0.6 is 0 Å². The molecule has 0 saturated heterocycles. The lowest BCUT2D eigenvalue weighted by atomic mass is 10.0. The van der Waals surface area contributed by atoms with E-state index in [1.165, 1.54) is 16.3 Å². The van der Waals surface area contributed by atoms with Gasteiger partial charge in [0.1, 0.15) is 5.78 Å². The zero-order chi connectivity index (χ0) is 13.1. The van der Waals surface area contributed by atoms with Gasteiger partial charge in [-0.25, -0.2) is 0 Å². The molecule has 0 saturated carbocycles. The first-order valence-electron chi connectivity index (χ1n) is 6.26. The SMILES string of the molecule is CC(=O)CN(C)[C@H](C)c1ccc2ccccc2c1. The minimum absolute atomic E-state index is 0.199. The van der Waals surface area contributed by atoms with Crippen molar-refractivity contribution in [2.45, 2.75) is 19.9 Å². The first-order chi connectivity index (χ1) is 8.58. The van der Waals surface area contributed by atoms with Gasteiger partial charge in [0.05, 0.1) is 6.54 Å². The molecule has 0 radical (unpaired) electrons. The third kappa shape index (κ3) is 2.77. The first-order valence-corrected chi connectivity index (χ1v) is 6.26. The number of ketones is 1. The van der Waals surface area contributed by atoms with Crippen LogP contribution in [0.2, 0.25) is 0 Å². The Morgan fingerprint density at radius 3 is 2.50 bits per heavy atom. The lowest BCUT2D eigenvalue weighted by Crippen LogP contribution is -2.27. The fourth-order valence-electron chi connectivity index (χ4n) is 2.21. The van der Waals surface area contributed by atoms with Gasteiger partial charge >= 0.3 is 0 Å². The summed E-state index contributed by atoms with van der Waals surface area (Å²) in [7, 11) is 1.99. The van der Waals surface area contributed by atoms with E-state index in [2.05, 4.69) is 48.2 Å². The summed E-state index contributed by atoms with van der Waals surface area (Å²) in [5.41, 5.74) is 1.25. The van der Waals surface area contributed by atoms with E-state index >= 15 is 0 Å². The van der Waals surface area contributed by atoms with Crippen LogP contribution in [0.4, 0.5) is 0 Å². The lowest BCUT2D eigenvalue weighted by molar-refractivity contribution is -0.118. The Hall–Kier alpha value is -1.67. The number of hydrogen-bond donors (Lipinski definition) is 0. The highest BCUT2D eigenvalue weighted by Crippen LogP contribution is 2.23. The normalized spacial score (nSPS) is 12.9. The molecule has 18 heavy (non-hydrogen) atoms. The van der Waals surface area contributed by atoms with Gasteiger partial charge in [-0.3, -0.25) is 9.69 Å². The molecule has 1 atom stereocenters. The van der Waals surface area contributed by atoms with Gasteiger partial charge in [0, 0.05) is 6.04 Å². The van der Waals surface area contributed by atoms with Gasteiger partial charge in [0.2, 0.25) is 0 Å². The molecule has 0 unspecified atom stereocenters. The van der Waals surface area contributed by atoms with Crippen LogP contribution in [0.25, 0.3) is 10.8 Å². The van der Waals surface area contributed by atoms with Crippen LogP contribution in [-0.4, -0.2) is 24.3 Å². The quantitative estimate of drug-likeness (QED) is 0.817. The van der Waals surface area contributed by atoms with E-state index in [-0.39, 0.29) is 11.8 Å². The number of carbonyl (C=O) groups excluding carboxylic acids is 1. The second-order valence-electron chi connectivity index (χ2n) is 4.90. The monoisotopic (exact) mass is 241 g/mol. The van der Waals surface area contributed by atoms with Crippen molar-refractivity contribution in [2.75, 3.05) is 13.6 Å². The Labute approximate surface area is 108 Å². The number of likely N-dealkylation sites (N-methyl/N-ethyl adjacent to an activating group) is 1. The molecule has 2 rings (SSSR count). The Bertz CT molecular complexity index is 562. The van der Waals surface area contributed by atoms with E-state index in [0.29, 0.717) is 6.54 Å². The highest BCUT2D eigenvalue weighted by molar-refractivity contribution is 5.83. The van der Waals surface area contributed by atoms with Crippen molar-refractivity contribution >= 4 is 16.6 Å². The largest absolute Gasteiger partial charge is 0.299 e. The summed E-state index contributed by atoms with van der Waals surface area (Å²) in [5.74, 6) is 0.199. The summed E-state index contributed by atoms with van der Waals surface area (Å²) in [6, 6.07) is 15.1. The first kappa shape index (κ1) is 12.8. The van der Waals surface area contributed by atoms with Crippen molar-refractivity contribution < 1.29 is 4.79 Å². The van der Waals surface area contributed by atoms with E-state index in [4.69, 9.17) is 0 Å². The van der Waals surface area contributed by atoms with Crippen molar-refractivity contribution in [1.82, 2.24) is 4.90 Å². The Morgan fingerprint density at radius 2 is 1.83 bits per heavy atom. The molecule has 0 heterocycles. The third-order valence-electron chi connectivity index (χ3n) is 3.39. The predicted octanol–water partition coefficient (Wildman–Crippen LogP) is 3.42. The second-order valence-corrected chi connectivity index (χ2v) is 4.90. The maximum Gasteiger partial charge on any atom is 0.143 e. The van der Waals surface area contributed by atoms with E-state index in [9.17, 15) is 4.79 Å². The van der Waals surface area contributed by atoms with Crippen molar-refractivity contribution in [3.8, 4) is 0 Å². The van der Waals surface area contributed by atoms with E-state index in [1.54, 1.807) is 6.92 Å². The minimum Gasteiger partial charge on any atom is -0.299 e. The highest BCUT2D eigenvalue weighted by atomic mass is 16.1. The summed E-state index contributed by atoms with van der Waals surface area (Å²) in [6.07, 6.45) is 0. The van der Waals surface area contributed by atoms with Gasteiger partial charge in [-0.15, -0.1) is 0 Å². The number of hydrogen-bond acceptors (Lipinski definition) is 2. The molecule has 0 aromatic heterocycles. The van der Waals surface area contributed by atoms with Gasteiger partial charge in [-0.2, -0.15) is 0 Å². The van der Waals surface area contributed by atoms with Gasteiger partial charge in [-0.1, -0.05) is 36.4 Å². The van der Waals surface area contributed by atoms with Crippen molar-refractivity contribution in [1.29, 1.82) is 0 Å². The molecule has 2 aromatic rings. The fraction of sp³-hybridized carbons (Fsp3) is 0.312. The van der Waals surface area contributed by atoms with Gasteiger partial charge in [0.25, 0.3) is 0 Å². The zero-order valence-corrected chi connectivity index (χ0v) is 11.2. The van der Waals surface area contributed by atoms with Crippen LogP contribution in [0.15, 0.2) is 42.5 Å². The molecule has 0 aliphatic carbocycles.